The van der Waals surface area contributed by atoms with Gasteiger partial charge in [-0.1, -0.05) is 12.1 Å². The number of ether oxygens (including phenoxy) is 1. The third kappa shape index (κ3) is 7.57. The number of cyclic esters (lactones) is 1. The highest BCUT2D eigenvalue weighted by molar-refractivity contribution is 6.00. The third-order valence-electron chi connectivity index (χ3n) is 6.89. The van der Waals surface area contributed by atoms with Crippen LogP contribution in [0.2, 0.25) is 0 Å². The van der Waals surface area contributed by atoms with Gasteiger partial charge >= 0.3 is 6.09 Å². The number of Topliss-reactive ketones (excluding diaryl/α,β-unsaturated/α-hetero) is 1. The van der Waals surface area contributed by atoms with E-state index in [1.807, 2.05) is 4.90 Å². The summed E-state index contributed by atoms with van der Waals surface area (Å²) in [5.41, 5.74) is 6.87. The number of nitrogens with one attached hydrogen (secondary N) is 2. The zero-order valence-electron chi connectivity index (χ0n) is 22.7. The van der Waals surface area contributed by atoms with Crippen LogP contribution >= 0.6 is 0 Å². The van der Waals surface area contributed by atoms with Crippen LogP contribution in [0, 0.1) is 5.82 Å². The summed E-state index contributed by atoms with van der Waals surface area (Å²) in [5, 5.41) is 5.20. The minimum atomic E-state index is -0.607. The summed E-state index contributed by atoms with van der Waals surface area (Å²) in [6.45, 7) is 3.13. The van der Waals surface area contributed by atoms with Gasteiger partial charge in [0.2, 0.25) is 17.7 Å². The first-order chi connectivity index (χ1) is 19.6. The molecule has 4 amide bonds. The number of benzene rings is 2. The van der Waals surface area contributed by atoms with Crippen LogP contribution in [0.25, 0.3) is 0 Å². The highest BCUT2D eigenvalue weighted by Crippen LogP contribution is 2.28. The van der Waals surface area contributed by atoms with Crippen LogP contribution in [0.15, 0.2) is 42.5 Å². The molecule has 2 saturated heterocycles. The van der Waals surface area contributed by atoms with E-state index in [1.165, 1.54) is 17.9 Å². The SMILES string of the molecule is CC(=O)NC[C@H]1CN(c2ccc(N3CCN(C(=O)CCC(=O)c4cccc(NC(=O)CN)c4)CC3)c(F)c2)C(=O)O1. The maximum atomic E-state index is 15.1. The molecule has 13 heteroatoms. The summed E-state index contributed by atoms with van der Waals surface area (Å²) in [7, 11) is 0. The molecule has 0 spiro atoms. The van der Waals surface area contributed by atoms with E-state index in [1.54, 1.807) is 41.3 Å². The van der Waals surface area contributed by atoms with Crippen LogP contribution in [0.3, 0.4) is 0 Å². The van der Waals surface area contributed by atoms with Gasteiger partial charge < -0.3 is 30.9 Å². The van der Waals surface area contributed by atoms with Crippen molar-refractivity contribution in [2.45, 2.75) is 25.9 Å². The zero-order valence-corrected chi connectivity index (χ0v) is 22.7. The summed E-state index contributed by atoms with van der Waals surface area (Å²) >= 11 is 0. The molecule has 2 aliphatic heterocycles. The summed E-state index contributed by atoms with van der Waals surface area (Å²) in [4.78, 5) is 65.1. The number of halogens is 1. The van der Waals surface area contributed by atoms with E-state index in [9.17, 15) is 24.0 Å². The van der Waals surface area contributed by atoms with Crippen molar-refractivity contribution in [1.82, 2.24) is 10.2 Å². The van der Waals surface area contributed by atoms with Gasteiger partial charge in [0.05, 0.1) is 31.0 Å². The molecule has 41 heavy (non-hydrogen) atoms. The Morgan fingerprint density at radius 3 is 2.49 bits per heavy atom. The topological polar surface area (TPSA) is 154 Å². The highest BCUT2D eigenvalue weighted by atomic mass is 19.1. The number of carbonyl (C=O) groups excluding carboxylic acids is 5. The van der Waals surface area contributed by atoms with E-state index in [0.717, 1.165) is 0 Å². The van der Waals surface area contributed by atoms with Gasteiger partial charge in [0.1, 0.15) is 11.9 Å². The monoisotopic (exact) mass is 568 g/mol. The van der Waals surface area contributed by atoms with Gasteiger partial charge in [0, 0.05) is 57.2 Å². The number of nitrogens with two attached hydrogens (primary N) is 1. The molecule has 0 aromatic heterocycles. The molecular weight excluding hydrogens is 535 g/mol. The first-order valence-electron chi connectivity index (χ1n) is 13.3. The Kier molecular flexibility index (Phi) is 9.50. The smallest absolute Gasteiger partial charge is 0.414 e. The lowest BCUT2D eigenvalue weighted by atomic mass is 10.1. The number of hydrogen-bond acceptors (Lipinski definition) is 8. The van der Waals surface area contributed by atoms with Crippen molar-refractivity contribution < 1.29 is 33.1 Å². The Labute approximate surface area is 236 Å². The molecule has 1 atom stereocenters. The fraction of sp³-hybridized carbons (Fsp3) is 0.393. The second kappa shape index (κ2) is 13.2. The minimum Gasteiger partial charge on any atom is -0.442 e. The number of hydrogen-bond donors (Lipinski definition) is 3. The van der Waals surface area contributed by atoms with Crippen molar-refractivity contribution in [3.8, 4) is 0 Å². The summed E-state index contributed by atoms with van der Waals surface area (Å²) in [6.07, 6.45) is -1.07. The van der Waals surface area contributed by atoms with Crippen molar-refractivity contribution in [2.24, 2.45) is 5.73 Å². The molecule has 218 valence electrons. The molecule has 12 nitrogen and oxygen atoms in total. The van der Waals surface area contributed by atoms with E-state index in [0.29, 0.717) is 48.8 Å². The Morgan fingerprint density at radius 1 is 1.05 bits per heavy atom. The predicted molar refractivity (Wildman–Crippen MR) is 149 cm³/mol. The van der Waals surface area contributed by atoms with Gasteiger partial charge in [0.15, 0.2) is 5.78 Å². The maximum absolute atomic E-state index is 15.1. The van der Waals surface area contributed by atoms with E-state index in [2.05, 4.69) is 10.6 Å². The molecule has 2 fully saturated rings. The van der Waals surface area contributed by atoms with Gasteiger partial charge in [0.25, 0.3) is 0 Å². The highest BCUT2D eigenvalue weighted by Gasteiger charge is 2.33. The number of nitrogens with zero attached hydrogens (tertiary/aromatic N) is 3. The fourth-order valence-electron chi connectivity index (χ4n) is 4.72. The largest absolute Gasteiger partial charge is 0.442 e. The number of piperazine rings is 1. The summed E-state index contributed by atoms with van der Waals surface area (Å²) in [5.74, 6) is -1.49. The second-order valence-corrected chi connectivity index (χ2v) is 9.81. The first-order valence-corrected chi connectivity index (χ1v) is 13.3. The minimum absolute atomic E-state index is 0.0219. The fourth-order valence-corrected chi connectivity index (χ4v) is 4.72. The van der Waals surface area contributed by atoms with Gasteiger partial charge in [-0.2, -0.15) is 0 Å². The quantitative estimate of drug-likeness (QED) is 0.365. The lowest BCUT2D eigenvalue weighted by Gasteiger charge is -2.36. The standard InChI is InChI=1S/C28H33FN6O6/c1-18(36)31-16-22-17-35(28(40)41-22)21-5-6-24(23(29)14-21)33-9-11-34(12-10-33)27(39)8-7-25(37)19-3-2-4-20(13-19)32-26(38)15-30/h2-6,13-14,22H,7-12,15-17,30H2,1H3,(H,31,36)(H,32,38)/t22-/m0/s1. The van der Waals surface area contributed by atoms with E-state index in [4.69, 9.17) is 10.5 Å². The van der Waals surface area contributed by atoms with Crippen molar-refractivity contribution in [2.75, 3.05) is 60.9 Å². The number of ketones is 1. The van der Waals surface area contributed by atoms with Crippen molar-refractivity contribution in [1.29, 1.82) is 0 Å². The molecule has 0 unspecified atom stereocenters. The number of rotatable bonds is 10. The molecule has 2 aliphatic rings. The molecule has 4 N–H and O–H groups in total. The zero-order chi connectivity index (χ0) is 29.5. The normalized spacial score (nSPS) is 16.8. The van der Waals surface area contributed by atoms with Gasteiger partial charge in [-0.15, -0.1) is 0 Å². The number of amides is 4. The molecule has 2 aromatic carbocycles. The molecular formula is C28H33FN6O6. The van der Waals surface area contributed by atoms with Crippen molar-refractivity contribution >= 4 is 46.7 Å². The van der Waals surface area contributed by atoms with E-state index in [-0.39, 0.29) is 56.0 Å². The lowest BCUT2D eigenvalue weighted by molar-refractivity contribution is -0.131. The Balaban J connectivity index is 1.26. The van der Waals surface area contributed by atoms with Crippen molar-refractivity contribution in [3.05, 3.63) is 53.8 Å². The van der Waals surface area contributed by atoms with Crippen LogP contribution in [0.1, 0.15) is 30.1 Å². The van der Waals surface area contributed by atoms with Crippen LogP contribution in [0.4, 0.5) is 26.2 Å². The second-order valence-electron chi connectivity index (χ2n) is 9.81. The van der Waals surface area contributed by atoms with Crippen LogP contribution in [-0.2, 0) is 19.1 Å². The van der Waals surface area contributed by atoms with Crippen molar-refractivity contribution in [3.63, 3.8) is 0 Å². The molecule has 0 saturated carbocycles. The molecule has 4 rings (SSSR count). The number of carbonyl (C=O) groups is 5. The third-order valence-corrected chi connectivity index (χ3v) is 6.89. The lowest BCUT2D eigenvalue weighted by Crippen LogP contribution is -2.49. The van der Waals surface area contributed by atoms with Gasteiger partial charge in [-0.3, -0.25) is 24.1 Å². The molecule has 0 bridgehead atoms. The van der Waals surface area contributed by atoms with E-state index >= 15 is 4.39 Å². The van der Waals surface area contributed by atoms with Crippen LogP contribution in [0.5, 0.6) is 0 Å². The molecule has 0 aliphatic carbocycles. The average molecular weight is 569 g/mol. The Bertz CT molecular complexity index is 1330. The molecule has 2 heterocycles. The van der Waals surface area contributed by atoms with Crippen LogP contribution in [-0.4, -0.2) is 86.4 Å². The first kappa shape index (κ1) is 29.5. The maximum Gasteiger partial charge on any atom is 0.414 e. The summed E-state index contributed by atoms with van der Waals surface area (Å²) < 4.78 is 20.3. The Hall–Kier alpha value is -4.52. The molecule has 2 aromatic rings. The van der Waals surface area contributed by atoms with Crippen LogP contribution < -0.4 is 26.2 Å². The summed E-state index contributed by atoms with van der Waals surface area (Å²) in [6, 6.07) is 11.0. The van der Waals surface area contributed by atoms with Gasteiger partial charge in [-0.05, 0) is 30.3 Å². The Morgan fingerprint density at radius 2 is 1.80 bits per heavy atom. The number of anilines is 3. The van der Waals surface area contributed by atoms with Gasteiger partial charge in [-0.25, -0.2) is 9.18 Å². The van der Waals surface area contributed by atoms with E-state index < -0.39 is 18.0 Å². The average Bonchev–Trinajstić information content (AvgIpc) is 3.35. The predicted octanol–water partition coefficient (Wildman–Crippen LogP) is 1.50. The molecule has 0 radical (unpaired) electrons.